The van der Waals surface area contributed by atoms with Crippen LogP contribution in [0.2, 0.25) is 0 Å². The molecule has 2 heterocycles. The highest BCUT2D eigenvalue weighted by Crippen LogP contribution is 2.43. The molecule has 5 heteroatoms. The molecule has 4 nitrogen and oxygen atoms in total. The molecule has 2 aliphatic rings. The topological polar surface area (TPSA) is 36.9 Å². The van der Waals surface area contributed by atoms with Crippen molar-refractivity contribution in [3.05, 3.63) is 30.3 Å². The van der Waals surface area contributed by atoms with Gasteiger partial charge in [0.1, 0.15) is 5.60 Å². The number of ether oxygens (including phenoxy) is 4. The fourth-order valence-electron chi connectivity index (χ4n) is 4.61. The predicted molar refractivity (Wildman–Crippen MR) is 109 cm³/mol. The number of rotatable bonds is 6. The van der Waals surface area contributed by atoms with Crippen LogP contribution in [-0.2, 0) is 18.9 Å². The second kappa shape index (κ2) is 8.83. The van der Waals surface area contributed by atoms with Crippen molar-refractivity contribution < 1.29 is 18.9 Å². The van der Waals surface area contributed by atoms with Crippen LogP contribution in [0.1, 0.15) is 48.0 Å². The molecule has 3 rings (SSSR count). The maximum atomic E-state index is 6.28. The van der Waals surface area contributed by atoms with Gasteiger partial charge in [-0.1, -0.05) is 39.0 Å². The van der Waals surface area contributed by atoms with Gasteiger partial charge in [0.05, 0.1) is 18.3 Å². The molecule has 2 fully saturated rings. The van der Waals surface area contributed by atoms with Crippen molar-refractivity contribution in [3.63, 3.8) is 0 Å². The van der Waals surface area contributed by atoms with Crippen molar-refractivity contribution in [2.45, 2.75) is 89.4 Å². The first-order valence-electron chi connectivity index (χ1n) is 10.2. The molecule has 8 atom stereocenters. The number of hydrogen-bond donors (Lipinski definition) is 0. The van der Waals surface area contributed by atoms with E-state index in [2.05, 4.69) is 58.0 Å². The lowest BCUT2D eigenvalue weighted by atomic mass is 9.78. The zero-order chi connectivity index (χ0) is 19.6. The van der Waals surface area contributed by atoms with Crippen LogP contribution in [0.4, 0.5) is 0 Å². The third-order valence-electron chi connectivity index (χ3n) is 5.85. The normalized spacial score (nSPS) is 40.8. The van der Waals surface area contributed by atoms with Crippen molar-refractivity contribution in [1.82, 2.24) is 0 Å². The van der Waals surface area contributed by atoms with Crippen molar-refractivity contribution in [2.24, 2.45) is 11.8 Å². The number of hydrogen-bond acceptors (Lipinski definition) is 5. The molecule has 1 aromatic carbocycles. The molecule has 0 bridgehead atoms. The fourth-order valence-corrected chi connectivity index (χ4v) is 5.60. The molecule has 2 saturated heterocycles. The van der Waals surface area contributed by atoms with Crippen LogP contribution in [0.15, 0.2) is 35.2 Å². The lowest BCUT2D eigenvalue weighted by Crippen LogP contribution is -2.59. The molecular formula is C22H34O4S. The summed E-state index contributed by atoms with van der Waals surface area (Å²) in [5, 5.41) is 0. The van der Waals surface area contributed by atoms with E-state index in [0.717, 1.165) is 12.2 Å². The van der Waals surface area contributed by atoms with E-state index in [1.165, 1.54) is 4.90 Å². The lowest BCUT2D eigenvalue weighted by molar-refractivity contribution is -0.303. The molecule has 0 aromatic heterocycles. The van der Waals surface area contributed by atoms with Crippen LogP contribution in [-0.4, -0.2) is 42.2 Å². The first kappa shape index (κ1) is 21.1. The maximum Gasteiger partial charge on any atom is 0.156 e. The average molecular weight is 395 g/mol. The molecule has 152 valence electrons. The Labute approximate surface area is 168 Å². The predicted octanol–water partition coefficient (Wildman–Crippen LogP) is 5.11. The van der Waals surface area contributed by atoms with Crippen LogP contribution in [0, 0.1) is 11.8 Å². The van der Waals surface area contributed by atoms with Crippen LogP contribution in [0.25, 0.3) is 0 Å². The van der Waals surface area contributed by atoms with E-state index in [-0.39, 0.29) is 36.8 Å². The van der Waals surface area contributed by atoms with E-state index in [0.29, 0.717) is 5.92 Å². The Bertz CT molecular complexity index is 597. The molecule has 0 N–H and O–H groups in total. The van der Waals surface area contributed by atoms with E-state index in [1.54, 1.807) is 0 Å². The maximum absolute atomic E-state index is 6.28. The Morgan fingerprint density at radius 3 is 2.41 bits per heavy atom. The second-order valence-electron chi connectivity index (χ2n) is 8.09. The van der Waals surface area contributed by atoms with Gasteiger partial charge in [0.2, 0.25) is 0 Å². The van der Waals surface area contributed by atoms with Gasteiger partial charge in [0, 0.05) is 16.6 Å². The van der Waals surface area contributed by atoms with Crippen LogP contribution < -0.4 is 0 Å². The quantitative estimate of drug-likeness (QED) is 0.627. The molecule has 0 radical (unpaired) electrons. The third kappa shape index (κ3) is 4.54. The molecular weight excluding hydrogens is 360 g/mol. The summed E-state index contributed by atoms with van der Waals surface area (Å²) in [5.74, 6) is 1.64. The van der Waals surface area contributed by atoms with Gasteiger partial charge < -0.3 is 18.9 Å². The average Bonchev–Trinajstić information content (AvgIpc) is 2.96. The molecule has 0 amide bonds. The minimum atomic E-state index is -0.448. The van der Waals surface area contributed by atoms with Gasteiger partial charge in [0.15, 0.2) is 12.6 Å². The summed E-state index contributed by atoms with van der Waals surface area (Å²) in [4.78, 5) is 1.30. The van der Waals surface area contributed by atoms with E-state index < -0.39 is 5.60 Å². The number of thioether (sulfide) groups is 1. The third-order valence-corrected chi connectivity index (χ3v) is 7.15. The van der Waals surface area contributed by atoms with Gasteiger partial charge in [0.25, 0.3) is 0 Å². The van der Waals surface area contributed by atoms with Gasteiger partial charge in [-0.15, -0.1) is 11.8 Å². The summed E-state index contributed by atoms with van der Waals surface area (Å²) in [6.07, 6.45) is 0.592. The second-order valence-corrected chi connectivity index (χ2v) is 9.18. The molecule has 1 aromatic rings. The fraction of sp³-hybridized carbons (Fsp3) is 0.727. The first-order chi connectivity index (χ1) is 12.8. The van der Waals surface area contributed by atoms with E-state index in [9.17, 15) is 0 Å². The lowest BCUT2D eigenvalue weighted by Gasteiger charge is -2.48. The molecule has 0 spiro atoms. The summed E-state index contributed by atoms with van der Waals surface area (Å²) >= 11 is 1.89. The van der Waals surface area contributed by atoms with Gasteiger partial charge in [-0.3, -0.25) is 0 Å². The van der Waals surface area contributed by atoms with Crippen molar-refractivity contribution in [1.29, 1.82) is 0 Å². The number of benzene rings is 1. The first-order valence-corrected chi connectivity index (χ1v) is 11.2. The van der Waals surface area contributed by atoms with Crippen LogP contribution >= 0.6 is 11.8 Å². The zero-order valence-electron chi connectivity index (χ0n) is 17.4. The van der Waals surface area contributed by atoms with Gasteiger partial charge in [-0.25, -0.2) is 0 Å². The molecule has 0 saturated carbocycles. The van der Waals surface area contributed by atoms with E-state index >= 15 is 0 Å². The SMILES string of the molecule is CC[C@H]1O[C@H](C)O[C@@]1(C)[C@@H]1O[C@H](C)O[C@@H]([C@H](C)CSc2ccccc2)[C@@H]1C. The van der Waals surface area contributed by atoms with Gasteiger partial charge in [-0.05, 0) is 45.2 Å². The molecule has 0 aliphatic carbocycles. The summed E-state index contributed by atoms with van der Waals surface area (Å²) in [5.41, 5.74) is -0.448. The highest BCUT2D eigenvalue weighted by molar-refractivity contribution is 7.99. The monoisotopic (exact) mass is 394 g/mol. The van der Waals surface area contributed by atoms with Gasteiger partial charge in [-0.2, -0.15) is 0 Å². The van der Waals surface area contributed by atoms with Crippen molar-refractivity contribution in [3.8, 4) is 0 Å². The smallest absolute Gasteiger partial charge is 0.156 e. The Kier molecular flexibility index (Phi) is 6.91. The standard InChI is InChI=1S/C22H34O4S/c1-7-19-22(6,26-17(5)23-19)21-15(3)20(24-16(4)25-21)14(2)13-27-18-11-9-8-10-12-18/h8-12,14-17,19-21H,7,13H2,1-6H3/t14-,15+,16-,17+,19-,20+,21-,22-/m1/s1. The zero-order valence-corrected chi connectivity index (χ0v) is 18.2. The minimum Gasteiger partial charge on any atom is -0.349 e. The summed E-state index contributed by atoms with van der Waals surface area (Å²) in [6, 6.07) is 10.6. The van der Waals surface area contributed by atoms with Crippen molar-refractivity contribution in [2.75, 3.05) is 5.75 Å². The summed E-state index contributed by atoms with van der Waals surface area (Å²) < 4.78 is 24.8. The van der Waals surface area contributed by atoms with E-state index in [4.69, 9.17) is 18.9 Å². The Morgan fingerprint density at radius 1 is 1.04 bits per heavy atom. The van der Waals surface area contributed by atoms with E-state index in [1.807, 2.05) is 25.6 Å². The molecule has 27 heavy (non-hydrogen) atoms. The highest BCUT2D eigenvalue weighted by atomic mass is 32.2. The van der Waals surface area contributed by atoms with Crippen LogP contribution in [0.5, 0.6) is 0 Å². The Balaban J connectivity index is 1.71. The highest BCUT2D eigenvalue weighted by Gasteiger charge is 2.55. The Hall–Kier alpha value is -0.590. The molecule has 0 unspecified atom stereocenters. The minimum absolute atomic E-state index is 0.0416. The van der Waals surface area contributed by atoms with Crippen LogP contribution in [0.3, 0.4) is 0 Å². The van der Waals surface area contributed by atoms with Gasteiger partial charge >= 0.3 is 0 Å². The summed E-state index contributed by atoms with van der Waals surface area (Å²) in [6.45, 7) is 12.8. The summed E-state index contributed by atoms with van der Waals surface area (Å²) in [7, 11) is 0. The van der Waals surface area contributed by atoms with Crippen molar-refractivity contribution >= 4 is 11.8 Å². The largest absolute Gasteiger partial charge is 0.349 e. The Morgan fingerprint density at radius 2 is 1.74 bits per heavy atom. The molecule has 2 aliphatic heterocycles.